The maximum atomic E-state index is 11.3. The highest BCUT2D eigenvalue weighted by Gasteiger charge is 2.41. The van der Waals surface area contributed by atoms with Crippen molar-refractivity contribution in [3.05, 3.63) is 23.9 Å². The summed E-state index contributed by atoms with van der Waals surface area (Å²) in [5, 5.41) is 21.0. The van der Waals surface area contributed by atoms with Crippen molar-refractivity contribution >= 4 is 11.8 Å². The number of nitrogens with zero attached hydrogens (tertiary/aromatic N) is 2. The lowest BCUT2D eigenvalue weighted by Crippen LogP contribution is -2.35. The molecule has 1 heterocycles. The predicted molar refractivity (Wildman–Crippen MR) is 66.0 cm³/mol. The van der Waals surface area contributed by atoms with Gasteiger partial charge in [0.25, 0.3) is 0 Å². The second kappa shape index (κ2) is 5.05. The summed E-state index contributed by atoms with van der Waals surface area (Å²) in [6.07, 6.45) is 4.84. The van der Waals surface area contributed by atoms with Crippen LogP contribution in [0.2, 0.25) is 0 Å². The molecule has 0 spiro atoms. The van der Waals surface area contributed by atoms with E-state index in [1.54, 1.807) is 12.1 Å². The zero-order valence-corrected chi connectivity index (χ0v) is 10.0. The fraction of sp³-hybridized carbons (Fsp3) is 0.462. The number of hydrogen-bond donors (Lipinski definition) is 2. The van der Waals surface area contributed by atoms with Crippen LogP contribution in [0.5, 0.6) is 0 Å². The summed E-state index contributed by atoms with van der Waals surface area (Å²) in [4.78, 5) is 15.4. The van der Waals surface area contributed by atoms with Crippen LogP contribution in [0, 0.1) is 16.7 Å². The van der Waals surface area contributed by atoms with Crippen molar-refractivity contribution < 1.29 is 9.90 Å². The van der Waals surface area contributed by atoms with Crippen LogP contribution in [-0.2, 0) is 4.79 Å². The minimum Gasteiger partial charge on any atom is -0.481 e. The molecule has 2 rings (SSSR count). The first-order valence-electron chi connectivity index (χ1n) is 6.00. The number of rotatable bonds is 4. The van der Waals surface area contributed by atoms with E-state index in [1.165, 1.54) is 6.20 Å². The lowest BCUT2D eigenvalue weighted by Gasteiger charge is -2.24. The molecule has 0 amide bonds. The Morgan fingerprint density at radius 2 is 2.22 bits per heavy atom. The molecule has 0 atom stereocenters. The predicted octanol–water partition coefficient (Wildman–Crippen LogP) is 2.01. The number of aliphatic carboxylic acids is 1. The summed E-state index contributed by atoms with van der Waals surface area (Å²) in [7, 11) is 0. The summed E-state index contributed by atoms with van der Waals surface area (Å²) in [5.74, 6) is -0.123. The van der Waals surface area contributed by atoms with E-state index in [0.29, 0.717) is 30.8 Å². The zero-order chi connectivity index (χ0) is 13.0. The molecular formula is C13H15N3O2. The second-order valence-electron chi connectivity index (χ2n) is 4.69. The van der Waals surface area contributed by atoms with Crippen LogP contribution in [0.25, 0.3) is 0 Å². The smallest absolute Gasteiger partial charge is 0.311 e. The average molecular weight is 245 g/mol. The number of carboxylic acids is 1. The first-order valence-corrected chi connectivity index (χ1v) is 6.00. The molecule has 5 nitrogen and oxygen atoms in total. The number of nitriles is 1. The fourth-order valence-electron chi connectivity index (χ4n) is 2.34. The van der Waals surface area contributed by atoms with Gasteiger partial charge in [-0.2, -0.15) is 5.26 Å². The molecule has 0 aromatic carbocycles. The Kier molecular flexibility index (Phi) is 3.47. The summed E-state index contributed by atoms with van der Waals surface area (Å²) >= 11 is 0. The molecule has 2 N–H and O–H groups in total. The Balaban J connectivity index is 2.01. The Morgan fingerprint density at radius 3 is 2.72 bits per heavy atom. The highest BCUT2D eigenvalue weighted by Crippen LogP contribution is 2.38. The molecule has 1 aromatic rings. The van der Waals surface area contributed by atoms with Gasteiger partial charge >= 0.3 is 5.97 Å². The maximum absolute atomic E-state index is 11.3. The number of carbonyl (C=O) groups is 1. The molecule has 0 unspecified atom stereocenters. The highest BCUT2D eigenvalue weighted by molar-refractivity contribution is 5.75. The van der Waals surface area contributed by atoms with Gasteiger partial charge in [0.1, 0.15) is 11.9 Å². The van der Waals surface area contributed by atoms with Crippen LogP contribution in [-0.4, -0.2) is 22.6 Å². The van der Waals surface area contributed by atoms with Gasteiger partial charge in [-0.25, -0.2) is 4.98 Å². The zero-order valence-electron chi connectivity index (χ0n) is 10.0. The topological polar surface area (TPSA) is 86.0 Å². The summed E-state index contributed by atoms with van der Waals surface area (Å²) < 4.78 is 0. The molecule has 0 aliphatic heterocycles. The largest absolute Gasteiger partial charge is 0.481 e. The number of nitrogens with one attached hydrogen (secondary N) is 1. The molecule has 5 heteroatoms. The van der Waals surface area contributed by atoms with Crippen LogP contribution in [0.15, 0.2) is 18.3 Å². The van der Waals surface area contributed by atoms with Crippen molar-refractivity contribution in [2.24, 2.45) is 5.41 Å². The van der Waals surface area contributed by atoms with Gasteiger partial charge in [0, 0.05) is 12.7 Å². The number of aromatic nitrogens is 1. The van der Waals surface area contributed by atoms with Gasteiger partial charge in [0.2, 0.25) is 0 Å². The van der Waals surface area contributed by atoms with E-state index in [0.717, 1.165) is 12.8 Å². The summed E-state index contributed by atoms with van der Waals surface area (Å²) in [6, 6.07) is 5.35. The molecule has 1 fully saturated rings. The van der Waals surface area contributed by atoms with Gasteiger partial charge < -0.3 is 10.4 Å². The Hall–Kier alpha value is -2.09. The Bertz CT molecular complexity index is 470. The van der Waals surface area contributed by atoms with Crippen LogP contribution in [0.3, 0.4) is 0 Å². The maximum Gasteiger partial charge on any atom is 0.311 e. The van der Waals surface area contributed by atoms with Crippen molar-refractivity contribution in [3.63, 3.8) is 0 Å². The lowest BCUT2D eigenvalue weighted by molar-refractivity contribution is -0.147. The van der Waals surface area contributed by atoms with Crippen molar-refractivity contribution in [2.45, 2.75) is 25.7 Å². The molecule has 1 aliphatic carbocycles. The number of hydrogen-bond acceptors (Lipinski definition) is 4. The molecule has 94 valence electrons. The van der Waals surface area contributed by atoms with E-state index < -0.39 is 11.4 Å². The van der Waals surface area contributed by atoms with Crippen molar-refractivity contribution in [3.8, 4) is 6.07 Å². The highest BCUT2D eigenvalue weighted by atomic mass is 16.4. The summed E-state index contributed by atoms with van der Waals surface area (Å²) in [5.41, 5.74) is -0.162. The first-order chi connectivity index (χ1) is 8.66. The molecule has 0 radical (unpaired) electrons. The minimum atomic E-state index is -0.735. The Labute approximate surface area is 105 Å². The van der Waals surface area contributed by atoms with E-state index in [2.05, 4.69) is 10.3 Å². The number of carboxylic acid groups (broad SMARTS) is 1. The van der Waals surface area contributed by atoms with E-state index >= 15 is 0 Å². The van der Waals surface area contributed by atoms with E-state index in [1.807, 2.05) is 6.07 Å². The molecule has 0 saturated heterocycles. The number of anilines is 1. The monoisotopic (exact) mass is 245 g/mol. The summed E-state index contributed by atoms with van der Waals surface area (Å²) in [6.45, 7) is 0.390. The van der Waals surface area contributed by atoms with Crippen LogP contribution in [0.1, 0.15) is 31.2 Å². The molecule has 0 bridgehead atoms. The Morgan fingerprint density at radius 1 is 1.50 bits per heavy atom. The molecule has 1 aromatic heterocycles. The van der Waals surface area contributed by atoms with Gasteiger partial charge in [0.05, 0.1) is 11.0 Å². The van der Waals surface area contributed by atoms with Crippen molar-refractivity contribution in [2.75, 3.05) is 11.9 Å². The van der Waals surface area contributed by atoms with E-state index in [9.17, 15) is 9.90 Å². The van der Waals surface area contributed by atoms with E-state index in [-0.39, 0.29) is 0 Å². The van der Waals surface area contributed by atoms with E-state index in [4.69, 9.17) is 5.26 Å². The lowest BCUT2D eigenvalue weighted by atomic mass is 9.86. The number of pyridine rings is 1. The third-order valence-electron chi connectivity index (χ3n) is 3.51. The quantitative estimate of drug-likeness (QED) is 0.847. The standard InChI is InChI=1S/C13H15N3O2/c14-7-10-3-4-11(15-8-10)16-9-13(12(17)18)5-1-2-6-13/h3-4,8H,1-2,5-6,9H2,(H,15,16)(H,17,18). The van der Waals surface area contributed by atoms with Crippen molar-refractivity contribution in [1.82, 2.24) is 4.98 Å². The average Bonchev–Trinajstić information content (AvgIpc) is 2.87. The van der Waals surface area contributed by atoms with Crippen LogP contribution in [0.4, 0.5) is 5.82 Å². The van der Waals surface area contributed by atoms with Gasteiger partial charge in [-0.3, -0.25) is 4.79 Å². The molecular weight excluding hydrogens is 230 g/mol. The molecule has 18 heavy (non-hydrogen) atoms. The van der Waals surface area contributed by atoms with Gasteiger partial charge in [-0.15, -0.1) is 0 Å². The normalized spacial score (nSPS) is 17.1. The van der Waals surface area contributed by atoms with Crippen molar-refractivity contribution in [1.29, 1.82) is 5.26 Å². The second-order valence-corrected chi connectivity index (χ2v) is 4.69. The van der Waals surface area contributed by atoms with Gasteiger partial charge in [0.15, 0.2) is 0 Å². The van der Waals surface area contributed by atoms with Gasteiger partial charge in [-0.05, 0) is 25.0 Å². The third-order valence-corrected chi connectivity index (χ3v) is 3.51. The van der Waals surface area contributed by atoms with Crippen LogP contribution < -0.4 is 5.32 Å². The molecule has 1 aliphatic rings. The third kappa shape index (κ3) is 2.43. The molecule has 1 saturated carbocycles. The SMILES string of the molecule is N#Cc1ccc(NCC2(C(=O)O)CCCC2)nc1. The van der Waals surface area contributed by atoms with Gasteiger partial charge in [-0.1, -0.05) is 12.8 Å². The fourth-order valence-corrected chi connectivity index (χ4v) is 2.34. The van der Waals surface area contributed by atoms with Crippen LogP contribution >= 0.6 is 0 Å². The first kappa shape index (κ1) is 12.4. The minimum absolute atomic E-state index is 0.390.